The molecule has 0 spiro atoms. The van der Waals surface area contributed by atoms with Crippen molar-refractivity contribution in [3.63, 3.8) is 0 Å². The van der Waals surface area contributed by atoms with Gasteiger partial charge in [0.05, 0.1) is 12.7 Å². The van der Waals surface area contributed by atoms with Gasteiger partial charge >= 0.3 is 0 Å². The highest BCUT2D eigenvalue weighted by atomic mass is 79.9. The molecular formula is C16H18BrNO2. The fraction of sp³-hybridized carbons (Fsp3) is 0.375. The summed E-state index contributed by atoms with van der Waals surface area (Å²) >= 11 is 3.49. The number of hydrogen-bond acceptors (Lipinski definition) is 3. The van der Waals surface area contributed by atoms with E-state index in [-0.39, 0.29) is 6.10 Å². The van der Waals surface area contributed by atoms with Crippen LogP contribution in [0, 0.1) is 0 Å². The average molecular weight is 336 g/mol. The van der Waals surface area contributed by atoms with E-state index >= 15 is 0 Å². The van der Waals surface area contributed by atoms with Crippen molar-refractivity contribution in [2.75, 3.05) is 19.7 Å². The van der Waals surface area contributed by atoms with Crippen LogP contribution in [0.2, 0.25) is 0 Å². The normalized spacial score (nSPS) is 20.4. The number of phenolic OH excluding ortho intramolecular Hbond substituents is 1. The predicted molar refractivity (Wildman–Crippen MR) is 84.0 cm³/mol. The van der Waals surface area contributed by atoms with E-state index in [9.17, 15) is 5.11 Å². The molecule has 2 aromatic carbocycles. The van der Waals surface area contributed by atoms with Crippen LogP contribution in [0.5, 0.6) is 5.75 Å². The number of rotatable bonds is 2. The van der Waals surface area contributed by atoms with Crippen LogP contribution in [0.1, 0.15) is 12.5 Å². The maximum absolute atomic E-state index is 10.2. The van der Waals surface area contributed by atoms with Gasteiger partial charge in [0, 0.05) is 29.7 Å². The van der Waals surface area contributed by atoms with Crippen molar-refractivity contribution >= 4 is 26.7 Å². The van der Waals surface area contributed by atoms with Gasteiger partial charge in [0.15, 0.2) is 0 Å². The second-order valence-corrected chi connectivity index (χ2v) is 6.26. The smallest absolute Gasteiger partial charge is 0.120 e. The minimum absolute atomic E-state index is 0.259. The van der Waals surface area contributed by atoms with Crippen LogP contribution in [0.4, 0.5) is 0 Å². The minimum atomic E-state index is 0.259. The monoisotopic (exact) mass is 335 g/mol. The topological polar surface area (TPSA) is 32.7 Å². The molecule has 106 valence electrons. The molecule has 0 aromatic heterocycles. The largest absolute Gasteiger partial charge is 0.508 e. The van der Waals surface area contributed by atoms with Crippen molar-refractivity contribution in [3.8, 4) is 5.75 Å². The van der Waals surface area contributed by atoms with Crippen molar-refractivity contribution in [2.24, 2.45) is 0 Å². The van der Waals surface area contributed by atoms with E-state index in [4.69, 9.17) is 4.74 Å². The first-order chi connectivity index (χ1) is 9.63. The van der Waals surface area contributed by atoms with Gasteiger partial charge in [-0.3, -0.25) is 4.90 Å². The van der Waals surface area contributed by atoms with Crippen LogP contribution in [-0.4, -0.2) is 35.8 Å². The molecule has 1 heterocycles. The molecule has 1 fully saturated rings. The van der Waals surface area contributed by atoms with Crippen LogP contribution < -0.4 is 0 Å². The number of hydrogen-bond donors (Lipinski definition) is 1. The van der Waals surface area contributed by atoms with Crippen molar-refractivity contribution < 1.29 is 9.84 Å². The number of nitrogens with zero attached hydrogens (tertiary/aromatic N) is 1. The predicted octanol–water partition coefficient (Wildman–Crippen LogP) is 3.53. The summed E-state index contributed by atoms with van der Waals surface area (Å²) in [6.45, 7) is 5.44. The molecule has 1 saturated heterocycles. The number of morpholine rings is 1. The second kappa shape index (κ2) is 5.72. The minimum Gasteiger partial charge on any atom is -0.508 e. The third kappa shape index (κ3) is 2.82. The highest BCUT2D eigenvalue weighted by molar-refractivity contribution is 9.10. The van der Waals surface area contributed by atoms with Gasteiger partial charge in [0.2, 0.25) is 0 Å². The molecule has 4 heteroatoms. The molecule has 1 N–H and O–H groups in total. The molecule has 1 atom stereocenters. The number of aromatic hydroxyl groups is 1. The van der Waals surface area contributed by atoms with Gasteiger partial charge in [-0.25, -0.2) is 0 Å². The zero-order valence-electron chi connectivity index (χ0n) is 11.5. The summed E-state index contributed by atoms with van der Waals surface area (Å²) in [4.78, 5) is 2.34. The van der Waals surface area contributed by atoms with Crippen LogP contribution >= 0.6 is 15.9 Å². The highest BCUT2D eigenvalue weighted by Crippen LogP contribution is 2.30. The Labute approximate surface area is 127 Å². The molecule has 3 nitrogen and oxygen atoms in total. The van der Waals surface area contributed by atoms with Crippen LogP contribution in [0.25, 0.3) is 10.8 Å². The van der Waals surface area contributed by atoms with Gasteiger partial charge in [0.1, 0.15) is 5.75 Å². The Morgan fingerprint density at radius 2 is 2.20 bits per heavy atom. The first kappa shape index (κ1) is 13.9. The summed E-state index contributed by atoms with van der Waals surface area (Å²) in [6, 6.07) is 9.92. The SMILES string of the molecule is CC1CN(Cc2c(O)ccc3cc(Br)ccc23)CCO1. The van der Waals surface area contributed by atoms with Crippen LogP contribution in [0.15, 0.2) is 34.8 Å². The summed E-state index contributed by atoms with van der Waals surface area (Å²) in [5.74, 6) is 0.374. The molecular weight excluding hydrogens is 318 g/mol. The third-order valence-electron chi connectivity index (χ3n) is 3.78. The van der Waals surface area contributed by atoms with E-state index < -0.39 is 0 Å². The Balaban J connectivity index is 1.95. The fourth-order valence-corrected chi connectivity index (χ4v) is 3.16. The van der Waals surface area contributed by atoms with Gasteiger partial charge in [-0.05, 0) is 35.9 Å². The number of phenols is 1. The molecule has 1 aliphatic rings. The lowest BCUT2D eigenvalue weighted by Crippen LogP contribution is -2.40. The van der Waals surface area contributed by atoms with E-state index in [2.05, 4.69) is 39.9 Å². The summed E-state index contributed by atoms with van der Waals surface area (Å²) in [7, 11) is 0. The van der Waals surface area contributed by atoms with Crippen LogP contribution in [-0.2, 0) is 11.3 Å². The number of ether oxygens (including phenoxy) is 1. The molecule has 1 unspecified atom stereocenters. The Hall–Kier alpha value is -1.10. The molecule has 0 radical (unpaired) electrons. The van der Waals surface area contributed by atoms with E-state index in [1.165, 1.54) is 0 Å². The van der Waals surface area contributed by atoms with E-state index in [0.29, 0.717) is 5.75 Å². The number of halogens is 1. The zero-order chi connectivity index (χ0) is 14.1. The molecule has 0 amide bonds. The van der Waals surface area contributed by atoms with Crippen molar-refractivity contribution in [1.29, 1.82) is 0 Å². The Kier molecular flexibility index (Phi) is 3.96. The van der Waals surface area contributed by atoms with Crippen molar-refractivity contribution in [1.82, 2.24) is 4.90 Å². The highest BCUT2D eigenvalue weighted by Gasteiger charge is 2.19. The lowest BCUT2D eigenvalue weighted by molar-refractivity contribution is -0.0212. The lowest BCUT2D eigenvalue weighted by Gasteiger charge is -2.31. The van der Waals surface area contributed by atoms with Gasteiger partial charge in [-0.1, -0.05) is 28.1 Å². The summed E-state index contributed by atoms with van der Waals surface area (Å²) in [6.07, 6.45) is 0.259. The van der Waals surface area contributed by atoms with Gasteiger partial charge < -0.3 is 9.84 Å². The van der Waals surface area contributed by atoms with Crippen LogP contribution in [0.3, 0.4) is 0 Å². The third-order valence-corrected chi connectivity index (χ3v) is 4.27. The standard InChI is InChI=1S/C16H18BrNO2/c1-11-9-18(6-7-20-11)10-15-14-4-3-13(17)8-12(14)2-5-16(15)19/h2-5,8,11,19H,6-7,9-10H2,1H3. The van der Waals surface area contributed by atoms with E-state index in [0.717, 1.165) is 47.0 Å². The molecule has 2 aromatic rings. The Bertz CT molecular complexity index is 629. The summed E-state index contributed by atoms with van der Waals surface area (Å²) in [5, 5.41) is 12.5. The van der Waals surface area contributed by atoms with Crippen molar-refractivity contribution in [2.45, 2.75) is 19.6 Å². The number of fused-ring (bicyclic) bond motifs is 1. The fourth-order valence-electron chi connectivity index (χ4n) is 2.78. The maximum atomic E-state index is 10.2. The maximum Gasteiger partial charge on any atom is 0.120 e. The molecule has 3 rings (SSSR count). The van der Waals surface area contributed by atoms with Gasteiger partial charge in [-0.15, -0.1) is 0 Å². The Morgan fingerprint density at radius 1 is 1.35 bits per heavy atom. The first-order valence-electron chi connectivity index (χ1n) is 6.87. The quantitative estimate of drug-likeness (QED) is 0.911. The summed E-state index contributed by atoms with van der Waals surface area (Å²) in [5.41, 5.74) is 1.00. The second-order valence-electron chi connectivity index (χ2n) is 5.35. The average Bonchev–Trinajstić information content (AvgIpc) is 2.42. The van der Waals surface area contributed by atoms with Gasteiger partial charge in [-0.2, -0.15) is 0 Å². The molecule has 20 heavy (non-hydrogen) atoms. The molecule has 1 aliphatic heterocycles. The molecule has 0 bridgehead atoms. The Morgan fingerprint density at radius 3 is 3.00 bits per heavy atom. The van der Waals surface area contributed by atoms with E-state index in [1.54, 1.807) is 6.07 Å². The molecule has 0 saturated carbocycles. The molecule has 0 aliphatic carbocycles. The number of benzene rings is 2. The lowest BCUT2D eigenvalue weighted by atomic mass is 10.0. The van der Waals surface area contributed by atoms with E-state index in [1.807, 2.05) is 12.1 Å². The summed E-state index contributed by atoms with van der Waals surface area (Å²) < 4.78 is 6.63. The van der Waals surface area contributed by atoms with Crippen molar-refractivity contribution in [3.05, 3.63) is 40.4 Å². The van der Waals surface area contributed by atoms with Gasteiger partial charge in [0.25, 0.3) is 0 Å². The zero-order valence-corrected chi connectivity index (χ0v) is 13.1. The first-order valence-corrected chi connectivity index (χ1v) is 7.67.